The Kier molecular flexibility index (Phi) is 7.20. The van der Waals surface area contributed by atoms with Crippen molar-refractivity contribution >= 4 is 0 Å². The van der Waals surface area contributed by atoms with Gasteiger partial charge in [-0.05, 0) is 24.2 Å². The summed E-state index contributed by atoms with van der Waals surface area (Å²) in [5.74, 6) is 0.554. The molecule has 2 nitrogen and oxygen atoms in total. The van der Waals surface area contributed by atoms with E-state index in [1.54, 1.807) is 0 Å². The smallest absolute Gasteiger partial charge is 0.0436 e. The third-order valence-electron chi connectivity index (χ3n) is 3.53. The average Bonchev–Trinajstić information content (AvgIpc) is 2.16. The Morgan fingerprint density at radius 2 is 1.87 bits per heavy atom. The quantitative estimate of drug-likeness (QED) is 0.612. The molecule has 0 aromatic heterocycles. The van der Waals surface area contributed by atoms with Gasteiger partial charge >= 0.3 is 0 Å². The molecule has 0 rings (SSSR count). The van der Waals surface area contributed by atoms with Crippen molar-refractivity contribution in [3.05, 3.63) is 0 Å². The van der Waals surface area contributed by atoms with Crippen LogP contribution in [0, 0.1) is 11.3 Å². The average molecular weight is 215 g/mol. The fraction of sp³-hybridized carbons (Fsp3) is 1.00. The number of hydrogen-bond donors (Lipinski definition) is 2. The fourth-order valence-corrected chi connectivity index (χ4v) is 2.12. The highest BCUT2D eigenvalue weighted by molar-refractivity contribution is 4.84. The Bertz CT molecular complexity index is 157. The Morgan fingerprint density at radius 3 is 2.33 bits per heavy atom. The van der Waals surface area contributed by atoms with Crippen molar-refractivity contribution in [3.8, 4) is 0 Å². The van der Waals surface area contributed by atoms with E-state index in [4.69, 9.17) is 10.8 Å². The summed E-state index contributed by atoms with van der Waals surface area (Å²) in [6.45, 7) is 9.01. The lowest BCUT2D eigenvalue weighted by atomic mass is 9.75. The van der Waals surface area contributed by atoms with Crippen LogP contribution in [0.25, 0.3) is 0 Å². The van der Waals surface area contributed by atoms with Crippen molar-refractivity contribution in [2.45, 2.75) is 65.8 Å². The minimum Gasteiger partial charge on any atom is -0.396 e. The van der Waals surface area contributed by atoms with Gasteiger partial charge in [0.25, 0.3) is 0 Å². The van der Waals surface area contributed by atoms with Crippen LogP contribution in [0.4, 0.5) is 0 Å². The number of aliphatic hydroxyl groups is 1. The summed E-state index contributed by atoms with van der Waals surface area (Å²) in [6.07, 6.45) is 5.86. The molecule has 0 amide bonds. The van der Waals surface area contributed by atoms with Gasteiger partial charge in [-0.15, -0.1) is 0 Å². The molecule has 92 valence electrons. The molecule has 0 radical (unpaired) electrons. The first-order valence-electron chi connectivity index (χ1n) is 6.32. The maximum Gasteiger partial charge on any atom is 0.0436 e. The monoisotopic (exact) mass is 215 g/mol. The van der Waals surface area contributed by atoms with Gasteiger partial charge in [0.1, 0.15) is 0 Å². The molecule has 0 aliphatic rings. The molecule has 0 aromatic rings. The predicted octanol–water partition coefficient (Wildman–Crippen LogP) is 2.94. The zero-order valence-electron chi connectivity index (χ0n) is 10.9. The van der Waals surface area contributed by atoms with Gasteiger partial charge in [0.15, 0.2) is 0 Å². The second kappa shape index (κ2) is 7.24. The number of nitrogens with two attached hydrogens (primary N) is 1. The largest absolute Gasteiger partial charge is 0.396 e. The molecule has 0 aliphatic heterocycles. The third kappa shape index (κ3) is 5.53. The van der Waals surface area contributed by atoms with Crippen molar-refractivity contribution in [1.82, 2.24) is 0 Å². The summed E-state index contributed by atoms with van der Waals surface area (Å²) >= 11 is 0. The first-order valence-corrected chi connectivity index (χ1v) is 6.32. The fourth-order valence-electron chi connectivity index (χ4n) is 2.12. The van der Waals surface area contributed by atoms with Crippen LogP contribution < -0.4 is 5.73 Å². The van der Waals surface area contributed by atoms with E-state index in [2.05, 4.69) is 27.7 Å². The van der Waals surface area contributed by atoms with E-state index >= 15 is 0 Å². The van der Waals surface area contributed by atoms with Crippen molar-refractivity contribution in [1.29, 1.82) is 0 Å². The Labute approximate surface area is 95.3 Å². The van der Waals surface area contributed by atoms with Gasteiger partial charge in [0, 0.05) is 12.6 Å². The highest BCUT2D eigenvalue weighted by Gasteiger charge is 2.29. The zero-order chi connectivity index (χ0) is 11.9. The van der Waals surface area contributed by atoms with Crippen LogP contribution >= 0.6 is 0 Å². The van der Waals surface area contributed by atoms with Gasteiger partial charge in [-0.25, -0.2) is 0 Å². The van der Waals surface area contributed by atoms with Crippen LogP contribution in [-0.4, -0.2) is 17.8 Å². The molecule has 0 aliphatic carbocycles. The molecular weight excluding hydrogens is 186 g/mol. The maximum absolute atomic E-state index is 8.99. The van der Waals surface area contributed by atoms with Crippen molar-refractivity contribution in [2.24, 2.45) is 17.1 Å². The van der Waals surface area contributed by atoms with E-state index in [1.165, 1.54) is 25.7 Å². The van der Waals surface area contributed by atoms with Crippen LogP contribution in [0.2, 0.25) is 0 Å². The zero-order valence-corrected chi connectivity index (χ0v) is 10.9. The van der Waals surface area contributed by atoms with Crippen LogP contribution in [0.5, 0.6) is 0 Å². The summed E-state index contributed by atoms with van der Waals surface area (Å²) in [5.41, 5.74) is 6.31. The van der Waals surface area contributed by atoms with Gasteiger partial charge in [-0.2, -0.15) is 0 Å². The SMILES string of the molecule is CCCCCC(C)C(N)C(C)(C)CCO. The molecule has 2 heteroatoms. The number of hydrogen-bond acceptors (Lipinski definition) is 2. The molecule has 0 bridgehead atoms. The number of aliphatic hydroxyl groups excluding tert-OH is 1. The maximum atomic E-state index is 8.99. The molecule has 0 spiro atoms. The van der Waals surface area contributed by atoms with E-state index in [0.29, 0.717) is 5.92 Å². The van der Waals surface area contributed by atoms with E-state index in [9.17, 15) is 0 Å². The Balaban J connectivity index is 4.00. The van der Waals surface area contributed by atoms with E-state index in [-0.39, 0.29) is 18.1 Å². The molecule has 3 N–H and O–H groups in total. The molecule has 2 unspecified atom stereocenters. The Morgan fingerprint density at radius 1 is 1.27 bits per heavy atom. The van der Waals surface area contributed by atoms with Crippen LogP contribution in [0.3, 0.4) is 0 Å². The lowest BCUT2D eigenvalue weighted by Gasteiger charge is -2.35. The number of rotatable bonds is 8. The Hall–Kier alpha value is -0.0800. The second-order valence-corrected chi connectivity index (χ2v) is 5.46. The standard InChI is InChI=1S/C13H29NO/c1-5-6-7-8-11(2)12(14)13(3,4)9-10-15/h11-12,15H,5-10,14H2,1-4H3. The lowest BCUT2D eigenvalue weighted by Crippen LogP contribution is -2.43. The minimum absolute atomic E-state index is 0.0559. The highest BCUT2D eigenvalue weighted by atomic mass is 16.3. The van der Waals surface area contributed by atoms with Gasteiger partial charge in [-0.1, -0.05) is 47.0 Å². The van der Waals surface area contributed by atoms with Crippen LogP contribution in [0.1, 0.15) is 59.8 Å². The van der Waals surface area contributed by atoms with Gasteiger partial charge in [0.05, 0.1) is 0 Å². The van der Waals surface area contributed by atoms with Crippen molar-refractivity contribution in [3.63, 3.8) is 0 Å². The molecular formula is C13H29NO. The molecule has 0 aromatic carbocycles. The first-order chi connectivity index (χ1) is 6.95. The molecule has 0 saturated heterocycles. The van der Waals surface area contributed by atoms with E-state index in [1.807, 2.05) is 0 Å². The van der Waals surface area contributed by atoms with Crippen molar-refractivity contribution in [2.75, 3.05) is 6.61 Å². The molecule has 15 heavy (non-hydrogen) atoms. The van der Waals surface area contributed by atoms with Gasteiger partial charge in [-0.3, -0.25) is 0 Å². The minimum atomic E-state index is 0.0559. The highest BCUT2D eigenvalue weighted by Crippen LogP contribution is 2.30. The second-order valence-electron chi connectivity index (χ2n) is 5.46. The summed E-state index contributed by atoms with van der Waals surface area (Å²) in [7, 11) is 0. The van der Waals surface area contributed by atoms with E-state index < -0.39 is 0 Å². The summed E-state index contributed by atoms with van der Waals surface area (Å²) in [6, 6.07) is 0.196. The summed E-state index contributed by atoms with van der Waals surface area (Å²) in [4.78, 5) is 0. The topological polar surface area (TPSA) is 46.2 Å². The number of unbranched alkanes of at least 4 members (excludes halogenated alkanes) is 2. The lowest BCUT2D eigenvalue weighted by molar-refractivity contribution is 0.152. The normalized spacial score (nSPS) is 16.4. The summed E-state index contributed by atoms with van der Waals surface area (Å²) in [5, 5.41) is 8.99. The van der Waals surface area contributed by atoms with Crippen LogP contribution in [0.15, 0.2) is 0 Å². The van der Waals surface area contributed by atoms with Gasteiger partial charge in [0.2, 0.25) is 0 Å². The predicted molar refractivity (Wildman–Crippen MR) is 66.8 cm³/mol. The third-order valence-corrected chi connectivity index (χ3v) is 3.53. The summed E-state index contributed by atoms with van der Waals surface area (Å²) < 4.78 is 0. The molecule has 0 fully saturated rings. The molecule has 0 heterocycles. The van der Waals surface area contributed by atoms with Crippen molar-refractivity contribution < 1.29 is 5.11 Å². The first kappa shape index (κ1) is 14.9. The molecule has 2 atom stereocenters. The molecule has 0 saturated carbocycles. The van der Waals surface area contributed by atoms with Crippen LogP contribution in [-0.2, 0) is 0 Å². The van der Waals surface area contributed by atoms with E-state index in [0.717, 1.165) is 6.42 Å². The van der Waals surface area contributed by atoms with Gasteiger partial charge < -0.3 is 10.8 Å².